The van der Waals surface area contributed by atoms with E-state index in [1.165, 1.54) is 17.5 Å². The Morgan fingerprint density at radius 3 is 2.75 bits per heavy atom. The zero-order valence-corrected chi connectivity index (χ0v) is 12.3. The second-order valence-corrected chi connectivity index (χ2v) is 6.64. The van der Waals surface area contributed by atoms with Crippen LogP contribution in [0.25, 0.3) is 0 Å². The minimum absolute atomic E-state index is 0.216. The zero-order valence-electron chi connectivity index (χ0n) is 11.5. The third-order valence-electron chi connectivity index (χ3n) is 2.98. The smallest absolute Gasteiger partial charge is 0.244 e. The first-order chi connectivity index (χ1) is 9.43. The number of hydrogen-bond acceptors (Lipinski definition) is 4. The Hall–Kier alpha value is -1.70. The van der Waals surface area contributed by atoms with Gasteiger partial charge in [-0.15, -0.1) is 0 Å². The number of rotatable bonds is 5. The molecule has 2 rings (SSSR count). The van der Waals surface area contributed by atoms with Crippen molar-refractivity contribution < 1.29 is 8.42 Å². The van der Waals surface area contributed by atoms with Crippen molar-refractivity contribution in [2.24, 2.45) is 5.73 Å². The van der Waals surface area contributed by atoms with E-state index < -0.39 is 10.0 Å². The van der Waals surface area contributed by atoms with E-state index >= 15 is 0 Å². The summed E-state index contributed by atoms with van der Waals surface area (Å²) in [6.45, 7) is 2.38. The van der Waals surface area contributed by atoms with Crippen LogP contribution in [0.5, 0.6) is 0 Å². The van der Waals surface area contributed by atoms with Gasteiger partial charge < -0.3 is 10.7 Å². The summed E-state index contributed by atoms with van der Waals surface area (Å²) in [6.07, 6.45) is 1.46. The highest BCUT2D eigenvalue weighted by molar-refractivity contribution is 7.89. The molecule has 0 radical (unpaired) electrons. The Labute approximate surface area is 118 Å². The summed E-state index contributed by atoms with van der Waals surface area (Å²) in [6, 6.07) is 7.09. The standard InChI is InChI=1S/C13H18N4O2S/c1-10-4-3-5-11(16-10)9-17(2)20(18,19)13-6-12(7-14)15-8-13/h3-6,8,15H,7,9,14H2,1-2H3. The Balaban J connectivity index is 2.21. The van der Waals surface area contributed by atoms with Crippen molar-refractivity contribution >= 4 is 10.0 Å². The van der Waals surface area contributed by atoms with E-state index in [0.29, 0.717) is 11.4 Å². The molecule has 0 atom stereocenters. The van der Waals surface area contributed by atoms with Gasteiger partial charge in [-0.1, -0.05) is 6.07 Å². The number of sulfonamides is 1. The quantitative estimate of drug-likeness (QED) is 0.860. The number of aryl methyl sites for hydroxylation is 1. The summed E-state index contributed by atoms with van der Waals surface area (Å²) in [5, 5.41) is 0. The Morgan fingerprint density at radius 1 is 1.40 bits per heavy atom. The molecule has 0 bridgehead atoms. The third kappa shape index (κ3) is 3.06. The molecule has 7 heteroatoms. The number of pyridine rings is 1. The maximum Gasteiger partial charge on any atom is 0.244 e. The fourth-order valence-electron chi connectivity index (χ4n) is 1.87. The fourth-order valence-corrected chi connectivity index (χ4v) is 3.03. The number of nitrogens with one attached hydrogen (secondary N) is 1. The summed E-state index contributed by atoms with van der Waals surface area (Å²) in [4.78, 5) is 7.37. The van der Waals surface area contributed by atoms with E-state index in [-0.39, 0.29) is 18.0 Å². The summed E-state index contributed by atoms with van der Waals surface area (Å²) in [5.74, 6) is 0. The highest BCUT2D eigenvalue weighted by atomic mass is 32.2. The highest BCUT2D eigenvalue weighted by Crippen LogP contribution is 2.17. The minimum Gasteiger partial charge on any atom is -0.363 e. The Morgan fingerprint density at radius 2 is 2.15 bits per heavy atom. The monoisotopic (exact) mass is 294 g/mol. The van der Waals surface area contributed by atoms with Crippen molar-refractivity contribution in [1.29, 1.82) is 0 Å². The predicted octanol–water partition coefficient (Wildman–Crippen LogP) is 0.998. The maximum absolute atomic E-state index is 12.4. The molecule has 0 aliphatic heterocycles. The van der Waals surface area contributed by atoms with Crippen molar-refractivity contribution in [1.82, 2.24) is 14.3 Å². The number of H-pyrrole nitrogens is 1. The molecule has 20 heavy (non-hydrogen) atoms. The van der Waals surface area contributed by atoms with Gasteiger partial charge >= 0.3 is 0 Å². The normalized spacial score (nSPS) is 12.0. The molecule has 0 saturated carbocycles. The number of hydrogen-bond donors (Lipinski definition) is 2. The summed E-state index contributed by atoms with van der Waals surface area (Å²) in [5.41, 5.74) is 7.73. The van der Waals surface area contributed by atoms with Gasteiger partial charge in [-0.25, -0.2) is 8.42 Å². The number of aromatic nitrogens is 2. The van der Waals surface area contributed by atoms with Crippen LogP contribution in [0.3, 0.4) is 0 Å². The van der Waals surface area contributed by atoms with Crippen LogP contribution < -0.4 is 5.73 Å². The Kier molecular flexibility index (Phi) is 4.22. The molecular formula is C13H18N4O2S. The van der Waals surface area contributed by atoms with Crippen LogP contribution in [0, 0.1) is 6.92 Å². The van der Waals surface area contributed by atoms with Gasteiger partial charge in [-0.05, 0) is 25.1 Å². The van der Waals surface area contributed by atoms with Crippen LogP contribution in [0.1, 0.15) is 17.1 Å². The second kappa shape index (κ2) is 5.74. The zero-order chi connectivity index (χ0) is 14.8. The first kappa shape index (κ1) is 14.7. The van der Waals surface area contributed by atoms with E-state index in [4.69, 9.17) is 5.73 Å². The predicted molar refractivity (Wildman–Crippen MR) is 76.3 cm³/mol. The molecule has 2 heterocycles. The Bertz CT molecular complexity index is 694. The molecule has 0 amide bonds. The lowest BCUT2D eigenvalue weighted by Crippen LogP contribution is -2.26. The lowest BCUT2D eigenvalue weighted by Gasteiger charge is -2.15. The van der Waals surface area contributed by atoms with E-state index in [1.54, 1.807) is 12.1 Å². The SMILES string of the molecule is Cc1cccc(CN(C)S(=O)(=O)c2c[nH]c(CN)c2)n1. The van der Waals surface area contributed by atoms with Crippen LogP contribution in [-0.2, 0) is 23.1 Å². The van der Waals surface area contributed by atoms with Gasteiger partial charge in [0, 0.05) is 31.2 Å². The van der Waals surface area contributed by atoms with Crippen molar-refractivity contribution in [3.63, 3.8) is 0 Å². The molecule has 3 N–H and O–H groups in total. The van der Waals surface area contributed by atoms with Gasteiger partial charge in [-0.3, -0.25) is 4.98 Å². The molecule has 0 aliphatic rings. The van der Waals surface area contributed by atoms with Crippen molar-refractivity contribution in [2.45, 2.75) is 24.9 Å². The molecule has 2 aromatic heterocycles. The average Bonchev–Trinajstić information content (AvgIpc) is 2.88. The summed E-state index contributed by atoms with van der Waals surface area (Å²) < 4.78 is 26.1. The van der Waals surface area contributed by atoms with Gasteiger partial charge in [0.15, 0.2) is 0 Å². The van der Waals surface area contributed by atoms with Crippen LogP contribution in [0.2, 0.25) is 0 Å². The van der Waals surface area contributed by atoms with Gasteiger partial charge in [0.2, 0.25) is 10.0 Å². The molecule has 6 nitrogen and oxygen atoms in total. The first-order valence-corrected chi connectivity index (χ1v) is 7.63. The number of nitrogens with two attached hydrogens (primary N) is 1. The van der Waals surface area contributed by atoms with E-state index in [0.717, 1.165) is 5.69 Å². The maximum atomic E-state index is 12.4. The van der Waals surface area contributed by atoms with Gasteiger partial charge in [0.1, 0.15) is 0 Å². The lowest BCUT2D eigenvalue weighted by atomic mass is 10.3. The molecule has 108 valence electrons. The van der Waals surface area contributed by atoms with E-state index in [1.807, 2.05) is 19.1 Å². The first-order valence-electron chi connectivity index (χ1n) is 6.19. The van der Waals surface area contributed by atoms with E-state index in [9.17, 15) is 8.42 Å². The van der Waals surface area contributed by atoms with Crippen LogP contribution in [-0.4, -0.2) is 29.7 Å². The molecule has 0 fully saturated rings. The van der Waals surface area contributed by atoms with Gasteiger partial charge in [0.05, 0.1) is 17.1 Å². The lowest BCUT2D eigenvalue weighted by molar-refractivity contribution is 0.462. The highest BCUT2D eigenvalue weighted by Gasteiger charge is 2.22. The van der Waals surface area contributed by atoms with Crippen molar-refractivity contribution in [2.75, 3.05) is 7.05 Å². The molecule has 0 saturated heterocycles. The average molecular weight is 294 g/mol. The third-order valence-corrected chi connectivity index (χ3v) is 4.76. The second-order valence-electron chi connectivity index (χ2n) is 4.60. The largest absolute Gasteiger partial charge is 0.363 e. The summed E-state index contributed by atoms with van der Waals surface area (Å²) in [7, 11) is -2.00. The van der Waals surface area contributed by atoms with Crippen LogP contribution >= 0.6 is 0 Å². The topological polar surface area (TPSA) is 92.1 Å². The molecule has 0 unspecified atom stereocenters. The van der Waals surface area contributed by atoms with Gasteiger partial charge in [0.25, 0.3) is 0 Å². The number of nitrogens with zero attached hydrogens (tertiary/aromatic N) is 2. The summed E-state index contributed by atoms with van der Waals surface area (Å²) >= 11 is 0. The fraction of sp³-hybridized carbons (Fsp3) is 0.308. The minimum atomic E-state index is -3.53. The van der Waals surface area contributed by atoms with Crippen LogP contribution in [0.15, 0.2) is 35.4 Å². The number of aromatic amines is 1. The molecular weight excluding hydrogens is 276 g/mol. The van der Waals surface area contributed by atoms with Gasteiger partial charge in [-0.2, -0.15) is 4.31 Å². The molecule has 0 aliphatic carbocycles. The molecule has 2 aromatic rings. The van der Waals surface area contributed by atoms with Crippen molar-refractivity contribution in [3.8, 4) is 0 Å². The molecule has 0 aromatic carbocycles. The van der Waals surface area contributed by atoms with Crippen molar-refractivity contribution in [3.05, 3.63) is 47.5 Å². The van der Waals surface area contributed by atoms with E-state index in [2.05, 4.69) is 9.97 Å². The molecule has 0 spiro atoms. The van der Waals surface area contributed by atoms with Crippen LogP contribution in [0.4, 0.5) is 0 Å².